The highest BCUT2D eigenvalue weighted by Gasteiger charge is 2.34. The number of imide groups is 1. The van der Waals surface area contributed by atoms with Crippen LogP contribution in [0.1, 0.15) is 47.0 Å². The smallest absolute Gasteiger partial charge is 0.261 e. The number of fused-ring (bicyclic) bond motifs is 2. The quantitative estimate of drug-likeness (QED) is 0.256. The Hall–Kier alpha value is -4.78. The Labute approximate surface area is 188 Å². The maximum atomic E-state index is 13.8. The van der Waals surface area contributed by atoms with Crippen LogP contribution in [0.25, 0.3) is 10.8 Å². The van der Waals surface area contributed by atoms with E-state index in [1.54, 1.807) is 42.5 Å². The fraction of sp³-hybridized carbons (Fsp3) is 0. The summed E-state index contributed by atoms with van der Waals surface area (Å²) in [7, 11) is 0. The molecule has 7 nitrogen and oxygen atoms in total. The van der Waals surface area contributed by atoms with Crippen molar-refractivity contribution < 1.29 is 19.2 Å². The molecule has 0 aliphatic carbocycles. The Bertz CT molecular complexity index is 1490. The van der Waals surface area contributed by atoms with Crippen LogP contribution < -0.4 is 16.4 Å². The summed E-state index contributed by atoms with van der Waals surface area (Å²) >= 11 is 0. The summed E-state index contributed by atoms with van der Waals surface area (Å²) in [6.07, 6.45) is 0. The number of anilines is 2. The van der Waals surface area contributed by atoms with Crippen LogP contribution in [-0.2, 0) is 0 Å². The molecule has 1 aliphatic rings. The number of hydrogen-bond donors (Lipinski definition) is 3. The van der Waals surface area contributed by atoms with Gasteiger partial charge in [0.15, 0.2) is 5.78 Å². The zero-order valence-corrected chi connectivity index (χ0v) is 17.2. The number of carbonyl (C=O) groups is 4. The number of nitrogens with two attached hydrogens (primary N) is 1. The van der Waals surface area contributed by atoms with Crippen molar-refractivity contribution in [1.29, 1.82) is 0 Å². The highest BCUT2D eigenvalue weighted by atomic mass is 16.2. The fourth-order valence-electron chi connectivity index (χ4n) is 4.05. The van der Waals surface area contributed by atoms with Crippen LogP contribution in [0.3, 0.4) is 0 Å². The van der Waals surface area contributed by atoms with Gasteiger partial charge in [-0.1, -0.05) is 60.7 Å². The van der Waals surface area contributed by atoms with Gasteiger partial charge in [0, 0.05) is 11.1 Å². The molecule has 0 fully saturated rings. The molecule has 0 spiro atoms. The monoisotopic (exact) mass is 435 g/mol. The minimum absolute atomic E-state index is 0.00957. The average Bonchev–Trinajstić information content (AvgIpc) is 3.12. The van der Waals surface area contributed by atoms with Crippen molar-refractivity contribution in [3.05, 3.63) is 107 Å². The highest BCUT2D eigenvalue weighted by molar-refractivity contribution is 6.29. The number of nitrogens with one attached hydrogen (secondary N) is 2. The molecule has 1 aliphatic heterocycles. The van der Waals surface area contributed by atoms with Crippen LogP contribution in [0, 0.1) is 0 Å². The molecule has 160 valence electrons. The summed E-state index contributed by atoms with van der Waals surface area (Å²) < 4.78 is 0. The van der Waals surface area contributed by atoms with Crippen molar-refractivity contribution in [1.82, 2.24) is 5.32 Å². The van der Waals surface area contributed by atoms with Crippen molar-refractivity contribution >= 4 is 45.7 Å². The Balaban J connectivity index is 1.71. The first-order valence-electron chi connectivity index (χ1n) is 10.2. The van der Waals surface area contributed by atoms with Gasteiger partial charge in [-0.15, -0.1) is 0 Å². The number of carbonyl (C=O) groups excluding carboxylic acids is 4. The Kier molecular flexibility index (Phi) is 4.71. The third-order valence-corrected chi connectivity index (χ3v) is 5.61. The number of hydrogen-bond acceptors (Lipinski definition) is 5. The minimum atomic E-state index is -0.680. The molecule has 4 aromatic rings. The van der Waals surface area contributed by atoms with E-state index in [4.69, 9.17) is 5.73 Å². The van der Waals surface area contributed by atoms with Gasteiger partial charge >= 0.3 is 0 Å². The lowest BCUT2D eigenvalue weighted by molar-refractivity contribution is 0.0878. The molecule has 0 radical (unpaired) electrons. The van der Waals surface area contributed by atoms with E-state index in [9.17, 15) is 19.2 Å². The molecule has 5 rings (SSSR count). The lowest BCUT2D eigenvalue weighted by atomic mass is 9.92. The molecule has 0 bridgehead atoms. The van der Waals surface area contributed by atoms with E-state index in [1.165, 1.54) is 6.07 Å². The summed E-state index contributed by atoms with van der Waals surface area (Å²) in [6, 6.07) is 22.4. The summed E-state index contributed by atoms with van der Waals surface area (Å²) in [5.41, 5.74) is 6.82. The van der Waals surface area contributed by atoms with Crippen LogP contribution >= 0.6 is 0 Å². The van der Waals surface area contributed by atoms with Crippen molar-refractivity contribution in [2.24, 2.45) is 0 Å². The van der Waals surface area contributed by atoms with Crippen LogP contribution in [0.2, 0.25) is 0 Å². The molecule has 0 atom stereocenters. The molecule has 0 saturated carbocycles. The van der Waals surface area contributed by atoms with Gasteiger partial charge in [0.05, 0.1) is 28.1 Å². The molecular weight excluding hydrogens is 418 g/mol. The zero-order chi connectivity index (χ0) is 23.1. The Morgan fingerprint density at radius 1 is 0.818 bits per heavy atom. The Morgan fingerprint density at radius 3 is 2.30 bits per heavy atom. The van der Waals surface area contributed by atoms with E-state index in [-0.39, 0.29) is 28.1 Å². The fourth-order valence-corrected chi connectivity index (χ4v) is 4.05. The predicted octanol–water partition coefficient (Wildman–Crippen LogP) is 3.79. The number of ketones is 1. The third kappa shape index (κ3) is 3.32. The van der Waals surface area contributed by atoms with Crippen LogP contribution in [-0.4, -0.2) is 23.5 Å². The topological polar surface area (TPSA) is 118 Å². The number of amides is 3. The van der Waals surface area contributed by atoms with E-state index in [2.05, 4.69) is 10.6 Å². The normalized spacial score (nSPS) is 12.4. The first-order chi connectivity index (χ1) is 16.0. The molecule has 33 heavy (non-hydrogen) atoms. The van der Waals surface area contributed by atoms with E-state index in [0.717, 1.165) is 5.39 Å². The van der Waals surface area contributed by atoms with Crippen LogP contribution in [0.15, 0.2) is 78.9 Å². The van der Waals surface area contributed by atoms with Gasteiger partial charge in [0.25, 0.3) is 17.7 Å². The van der Waals surface area contributed by atoms with Gasteiger partial charge in [-0.05, 0) is 29.0 Å². The number of benzene rings is 4. The lowest BCUT2D eigenvalue weighted by Gasteiger charge is -2.16. The highest BCUT2D eigenvalue weighted by Crippen LogP contribution is 2.35. The maximum absolute atomic E-state index is 13.8. The minimum Gasteiger partial charge on any atom is -0.397 e. The van der Waals surface area contributed by atoms with Gasteiger partial charge in [0.1, 0.15) is 0 Å². The summed E-state index contributed by atoms with van der Waals surface area (Å²) in [5.74, 6) is -2.27. The maximum Gasteiger partial charge on any atom is 0.261 e. The van der Waals surface area contributed by atoms with Gasteiger partial charge in [-0.2, -0.15) is 0 Å². The average molecular weight is 435 g/mol. The van der Waals surface area contributed by atoms with E-state index in [1.807, 2.05) is 30.3 Å². The van der Waals surface area contributed by atoms with Gasteiger partial charge < -0.3 is 11.1 Å². The van der Waals surface area contributed by atoms with Gasteiger partial charge in [-0.3, -0.25) is 24.5 Å². The Morgan fingerprint density at radius 2 is 1.52 bits per heavy atom. The molecule has 0 saturated heterocycles. The first-order valence-corrected chi connectivity index (χ1v) is 10.2. The second kappa shape index (κ2) is 7.72. The molecule has 0 unspecified atom stereocenters. The SMILES string of the molecule is Nc1c(C(=O)c2cccc3ccccc23)c(NC(=O)c2ccccc2)cc2c1C(=O)NC2=O. The largest absolute Gasteiger partial charge is 0.397 e. The van der Waals surface area contributed by atoms with Crippen molar-refractivity contribution in [3.63, 3.8) is 0 Å². The molecule has 3 amide bonds. The predicted molar refractivity (Wildman–Crippen MR) is 124 cm³/mol. The van der Waals surface area contributed by atoms with Gasteiger partial charge in [-0.25, -0.2) is 0 Å². The second-order valence-corrected chi connectivity index (χ2v) is 7.59. The first kappa shape index (κ1) is 20.1. The van der Waals surface area contributed by atoms with Crippen LogP contribution in [0.4, 0.5) is 11.4 Å². The van der Waals surface area contributed by atoms with E-state index in [0.29, 0.717) is 16.5 Å². The molecule has 7 heteroatoms. The summed E-state index contributed by atoms with van der Waals surface area (Å²) in [4.78, 5) is 51.3. The van der Waals surface area contributed by atoms with E-state index < -0.39 is 23.5 Å². The molecule has 0 aromatic heterocycles. The lowest BCUT2D eigenvalue weighted by Crippen LogP contribution is -2.20. The molecule has 1 heterocycles. The van der Waals surface area contributed by atoms with E-state index >= 15 is 0 Å². The summed E-state index contributed by atoms with van der Waals surface area (Å²) in [5, 5.41) is 6.44. The number of rotatable bonds is 4. The van der Waals surface area contributed by atoms with Crippen molar-refractivity contribution in [2.45, 2.75) is 0 Å². The summed E-state index contributed by atoms with van der Waals surface area (Å²) in [6.45, 7) is 0. The van der Waals surface area contributed by atoms with Crippen molar-refractivity contribution in [2.75, 3.05) is 11.1 Å². The standard InChI is InChI=1S/C26H17N3O4/c27-22-20-18(25(32)29-26(20)33)13-19(28-24(31)15-8-2-1-3-9-15)21(22)23(30)17-12-6-10-14-7-4-5-11-16(14)17/h1-13H,27H2,(H,28,31)(H,29,32,33). The molecule has 4 aromatic carbocycles. The number of nitrogen functional groups attached to an aromatic ring is 1. The third-order valence-electron chi connectivity index (χ3n) is 5.61. The zero-order valence-electron chi connectivity index (χ0n) is 17.2. The molecular formula is C26H17N3O4. The van der Waals surface area contributed by atoms with Crippen molar-refractivity contribution in [3.8, 4) is 0 Å². The molecule has 4 N–H and O–H groups in total. The second-order valence-electron chi connectivity index (χ2n) is 7.59. The van der Waals surface area contributed by atoms with Crippen LogP contribution in [0.5, 0.6) is 0 Å². The van der Waals surface area contributed by atoms with Gasteiger partial charge in [0.2, 0.25) is 0 Å².